The van der Waals surface area contributed by atoms with Crippen LogP contribution in [0, 0.1) is 0 Å². The number of hydrogen-bond acceptors (Lipinski definition) is 4. The molecule has 0 saturated carbocycles. The summed E-state index contributed by atoms with van der Waals surface area (Å²) >= 11 is 1.17. The van der Waals surface area contributed by atoms with Crippen molar-refractivity contribution in [3.63, 3.8) is 0 Å². The van der Waals surface area contributed by atoms with E-state index in [1.54, 1.807) is 11.5 Å². The molecule has 3 amide bonds. The molecule has 3 rings (SSSR count). The van der Waals surface area contributed by atoms with E-state index in [0.29, 0.717) is 17.8 Å². The minimum atomic E-state index is -4.49. The first kappa shape index (κ1) is 19.2. The van der Waals surface area contributed by atoms with Gasteiger partial charge in [0.2, 0.25) is 0 Å². The molecule has 2 N–H and O–H groups in total. The SMILES string of the molecule is CN(C(=O)N1CCc2cc(C(=O)NO)sc2C1)c1cccc(C(F)(F)F)c1. The molecule has 144 valence electrons. The Hall–Kier alpha value is -2.59. The van der Waals surface area contributed by atoms with Crippen LogP contribution in [0.5, 0.6) is 0 Å². The summed E-state index contributed by atoms with van der Waals surface area (Å²) in [7, 11) is 1.42. The highest BCUT2D eigenvalue weighted by molar-refractivity contribution is 7.14. The Labute approximate surface area is 156 Å². The molecule has 1 aliphatic rings. The Morgan fingerprint density at radius 2 is 2.04 bits per heavy atom. The standard InChI is InChI=1S/C17H16F3N3O3S/c1-22(12-4-2-3-11(8-12)17(18,19)20)16(25)23-6-5-10-7-13(15(24)21-26)27-14(10)9-23/h2-4,7-8,26H,5-6,9H2,1H3,(H,21,24). The fourth-order valence-corrected chi connectivity index (χ4v) is 3.98. The molecule has 2 heterocycles. The molecule has 0 bridgehead atoms. The number of carbonyl (C=O) groups excluding carboxylic acids is 2. The van der Waals surface area contributed by atoms with Gasteiger partial charge in [-0.25, -0.2) is 10.3 Å². The number of hydrogen-bond donors (Lipinski definition) is 2. The molecule has 0 aliphatic carbocycles. The van der Waals surface area contributed by atoms with Gasteiger partial charge in [-0.3, -0.25) is 14.9 Å². The van der Waals surface area contributed by atoms with Crippen LogP contribution in [0.4, 0.5) is 23.7 Å². The van der Waals surface area contributed by atoms with E-state index in [4.69, 9.17) is 5.21 Å². The number of amides is 3. The van der Waals surface area contributed by atoms with Crippen molar-refractivity contribution >= 4 is 29.0 Å². The third-order valence-electron chi connectivity index (χ3n) is 4.33. The van der Waals surface area contributed by atoms with E-state index in [1.165, 1.54) is 40.3 Å². The molecule has 0 saturated heterocycles. The second kappa shape index (κ2) is 7.20. The van der Waals surface area contributed by atoms with Gasteiger partial charge in [-0.05, 0) is 36.2 Å². The monoisotopic (exact) mass is 399 g/mol. The Morgan fingerprint density at radius 3 is 2.70 bits per heavy atom. The van der Waals surface area contributed by atoms with Crippen molar-refractivity contribution in [1.29, 1.82) is 0 Å². The molecular weight excluding hydrogens is 383 g/mol. The zero-order valence-corrected chi connectivity index (χ0v) is 15.0. The molecule has 6 nitrogen and oxygen atoms in total. The molecule has 2 aromatic rings. The number of carbonyl (C=O) groups is 2. The Bertz CT molecular complexity index is 882. The van der Waals surface area contributed by atoms with Crippen LogP contribution < -0.4 is 10.4 Å². The number of thiophene rings is 1. The molecule has 0 spiro atoms. The van der Waals surface area contributed by atoms with E-state index < -0.39 is 23.7 Å². The smallest absolute Gasteiger partial charge is 0.319 e. The number of benzene rings is 1. The van der Waals surface area contributed by atoms with Gasteiger partial charge in [0, 0.05) is 24.2 Å². The van der Waals surface area contributed by atoms with E-state index in [2.05, 4.69) is 0 Å². The lowest BCUT2D eigenvalue weighted by Gasteiger charge is -2.31. The summed E-state index contributed by atoms with van der Waals surface area (Å²) in [5, 5.41) is 8.72. The number of nitrogens with zero attached hydrogens (tertiary/aromatic N) is 2. The summed E-state index contributed by atoms with van der Waals surface area (Å²) in [6.07, 6.45) is -3.96. The first-order chi connectivity index (χ1) is 12.7. The molecule has 0 unspecified atom stereocenters. The highest BCUT2D eigenvalue weighted by atomic mass is 32.1. The predicted octanol–water partition coefficient (Wildman–Crippen LogP) is 3.50. The minimum absolute atomic E-state index is 0.146. The van der Waals surface area contributed by atoms with Crippen molar-refractivity contribution in [1.82, 2.24) is 10.4 Å². The lowest BCUT2D eigenvalue weighted by atomic mass is 10.1. The predicted molar refractivity (Wildman–Crippen MR) is 92.9 cm³/mol. The van der Waals surface area contributed by atoms with Crippen molar-refractivity contribution in [3.8, 4) is 0 Å². The van der Waals surface area contributed by atoms with E-state index >= 15 is 0 Å². The average molecular weight is 399 g/mol. The van der Waals surface area contributed by atoms with E-state index in [1.807, 2.05) is 0 Å². The lowest BCUT2D eigenvalue weighted by molar-refractivity contribution is -0.137. The number of hydroxylamine groups is 1. The second-order valence-corrected chi connectivity index (χ2v) is 7.20. The van der Waals surface area contributed by atoms with Crippen molar-refractivity contribution in [2.75, 3.05) is 18.5 Å². The van der Waals surface area contributed by atoms with Gasteiger partial charge in [0.05, 0.1) is 17.0 Å². The van der Waals surface area contributed by atoms with Gasteiger partial charge in [0.15, 0.2) is 0 Å². The fraction of sp³-hybridized carbons (Fsp3) is 0.294. The summed E-state index contributed by atoms with van der Waals surface area (Å²) in [4.78, 5) is 28.1. The van der Waals surface area contributed by atoms with Gasteiger partial charge in [-0.1, -0.05) is 6.07 Å². The molecule has 10 heteroatoms. The van der Waals surface area contributed by atoms with Gasteiger partial charge < -0.3 is 4.90 Å². The molecule has 0 radical (unpaired) electrons. The second-order valence-electron chi connectivity index (χ2n) is 6.06. The first-order valence-electron chi connectivity index (χ1n) is 7.96. The van der Waals surface area contributed by atoms with Gasteiger partial charge in [-0.15, -0.1) is 11.3 Å². The largest absolute Gasteiger partial charge is 0.416 e. The summed E-state index contributed by atoms with van der Waals surface area (Å²) < 4.78 is 38.7. The first-order valence-corrected chi connectivity index (χ1v) is 8.78. The van der Waals surface area contributed by atoms with Crippen molar-refractivity contribution in [2.45, 2.75) is 19.1 Å². The average Bonchev–Trinajstić information content (AvgIpc) is 3.08. The fourth-order valence-electron chi connectivity index (χ4n) is 2.86. The van der Waals surface area contributed by atoms with Crippen molar-refractivity contribution in [2.24, 2.45) is 0 Å². The third-order valence-corrected chi connectivity index (χ3v) is 5.49. The van der Waals surface area contributed by atoms with Gasteiger partial charge in [0.25, 0.3) is 5.91 Å². The third kappa shape index (κ3) is 3.91. The van der Waals surface area contributed by atoms with Crippen LogP contribution in [0.25, 0.3) is 0 Å². The molecule has 1 aliphatic heterocycles. The number of urea groups is 1. The van der Waals surface area contributed by atoms with Crippen LogP contribution in [0.2, 0.25) is 0 Å². The van der Waals surface area contributed by atoms with Gasteiger partial charge >= 0.3 is 12.2 Å². The van der Waals surface area contributed by atoms with E-state index in [-0.39, 0.29) is 12.2 Å². The Kier molecular flexibility index (Phi) is 5.11. The maximum Gasteiger partial charge on any atom is 0.416 e. The normalized spacial score (nSPS) is 13.9. The highest BCUT2D eigenvalue weighted by Crippen LogP contribution is 2.32. The van der Waals surface area contributed by atoms with Crippen LogP contribution in [0.3, 0.4) is 0 Å². The van der Waals surface area contributed by atoms with Crippen LogP contribution >= 0.6 is 11.3 Å². The Balaban J connectivity index is 1.77. The number of alkyl halides is 3. The van der Waals surface area contributed by atoms with Crippen LogP contribution in [-0.2, 0) is 19.1 Å². The topological polar surface area (TPSA) is 72.9 Å². The summed E-state index contributed by atoms with van der Waals surface area (Å²) in [5.74, 6) is -0.617. The number of halogens is 3. The number of fused-ring (bicyclic) bond motifs is 1. The quantitative estimate of drug-likeness (QED) is 0.600. The van der Waals surface area contributed by atoms with Gasteiger partial charge in [0.1, 0.15) is 0 Å². The minimum Gasteiger partial charge on any atom is -0.319 e. The number of anilines is 1. The molecular formula is C17H16F3N3O3S. The van der Waals surface area contributed by atoms with Crippen molar-refractivity contribution < 1.29 is 28.0 Å². The zero-order valence-electron chi connectivity index (χ0n) is 14.2. The summed E-state index contributed by atoms with van der Waals surface area (Å²) in [6, 6.07) is 5.83. The maximum atomic E-state index is 12.9. The zero-order chi connectivity index (χ0) is 19.8. The van der Waals surface area contributed by atoms with Gasteiger partial charge in [-0.2, -0.15) is 13.2 Å². The number of rotatable bonds is 2. The maximum absolute atomic E-state index is 12.9. The number of nitrogens with one attached hydrogen (secondary N) is 1. The molecule has 0 atom stereocenters. The molecule has 27 heavy (non-hydrogen) atoms. The van der Waals surface area contributed by atoms with Crippen LogP contribution in [0.15, 0.2) is 30.3 Å². The Morgan fingerprint density at radius 1 is 1.30 bits per heavy atom. The lowest BCUT2D eigenvalue weighted by Crippen LogP contribution is -2.43. The highest BCUT2D eigenvalue weighted by Gasteiger charge is 2.32. The summed E-state index contributed by atoms with van der Waals surface area (Å²) in [5.41, 5.74) is 1.82. The molecule has 0 fully saturated rings. The molecule has 1 aromatic carbocycles. The van der Waals surface area contributed by atoms with E-state index in [0.717, 1.165) is 22.6 Å². The van der Waals surface area contributed by atoms with Crippen LogP contribution in [0.1, 0.15) is 25.7 Å². The van der Waals surface area contributed by atoms with Crippen molar-refractivity contribution in [3.05, 3.63) is 51.2 Å². The van der Waals surface area contributed by atoms with Crippen LogP contribution in [-0.4, -0.2) is 35.6 Å². The molecule has 1 aromatic heterocycles. The van der Waals surface area contributed by atoms with E-state index in [9.17, 15) is 22.8 Å². The summed E-state index contributed by atoms with van der Waals surface area (Å²) in [6.45, 7) is 0.632.